The van der Waals surface area contributed by atoms with E-state index in [4.69, 9.17) is 4.74 Å². The lowest BCUT2D eigenvalue weighted by atomic mass is 10.0. The minimum atomic E-state index is -0.309. The van der Waals surface area contributed by atoms with Crippen molar-refractivity contribution >= 4 is 28.6 Å². The average Bonchev–Trinajstić information content (AvgIpc) is 3.41. The zero-order valence-corrected chi connectivity index (χ0v) is 26.8. The van der Waals surface area contributed by atoms with Crippen LogP contribution in [-0.4, -0.2) is 65.3 Å². The Morgan fingerprint density at radius 3 is 2.73 bits per heavy atom. The van der Waals surface area contributed by atoms with Gasteiger partial charge in [0.1, 0.15) is 24.3 Å². The number of carbonyl (C=O) groups is 1. The van der Waals surface area contributed by atoms with Gasteiger partial charge in [0.15, 0.2) is 0 Å². The van der Waals surface area contributed by atoms with Gasteiger partial charge in [0.2, 0.25) is 0 Å². The first-order chi connectivity index (χ1) is 21.4. The highest BCUT2D eigenvalue weighted by Crippen LogP contribution is 2.45. The number of carbonyl (C=O) groups excluding carboxylic acids is 1. The summed E-state index contributed by atoms with van der Waals surface area (Å²) in [6, 6.07) is 12.7. The van der Waals surface area contributed by atoms with E-state index in [-0.39, 0.29) is 18.9 Å². The van der Waals surface area contributed by atoms with Crippen LogP contribution in [-0.2, 0) is 19.5 Å². The molecule has 2 aromatic carbocycles. The first-order valence-electron chi connectivity index (χ1n) is 16.1. The number of aldehydes is 1. The second-order valence-electron chi connectivity index (χ2n) is 11.9. The number of nitrogens with zero attached hydrogens (tertiary/aromatic N) is 5. The topological polar surface area (TPSA) is 67.6 Å². The van der Waals surface area contributed by atoms with Gasteiger partial charge in [0.05, 0.1) is 42.1 Å². The number of rotatable bonds is 14. The monoisotopic (exact) mass is 602 g/mol. The van der Waals surface area contributed by atoms with Crippen LogP contribution in [0.3, 0.4) is 0 Å². The minimum Gasteiger partial charge on any atom is -0.487 e. The Labute approximate surface area is 260 Å². The highest BCUT2D eigenvalue weighted by Gasteiger charge is 2.33. The summed E-state index contributed by atoms with van der Waals surface area (Å²) in [4.78, 5) is 20.6. The Kier molecular flexibility index (Phi) is 10.3. The van der Waals surface area contributed by atoms with Crippen LogP contribution in [0, 0.1) is 5.92 Å². The highest BCUT2D eigenvalue weighted by atomic mass is 19.1. The Morgan fingerprint density at radius 1 is 1.20 bits per heavy atom. The van der Waals surface area contributed by atoms with Gasteiger partial charge in [-0.3, -0.25) is 9.18 Å². The molecule has 2 aliphatic rings. The number of ether oxygens (including phenoxy) is 1. The Balaban J connectivity index is 0.00000188. The van der Waals surface area contributed by atoms with Crippen LogP contribution in [0.5, 0.6) is 5.75 Å². The van der Waals surface area contributed by atoms with Gasteiger partial charge in [-0.1, -0.05) is 26.0 Å². The molecule has 2 unspecified atom stereocenters. The van der Waals surface area contributed by atoms with Crippen LogP contribution in [0.4, 0.5) is 15.8 Å². The maximum absolute atomic E-state index is 12.6. The molecule has 9 heteroatoms. The van der Waals surface area contributed by atoms with Gasteiger partial charge in [-0.15, -0.1) is 0 Å². The summed E-state index contributed by atoms with van der Waals surface area (Å²) in [5.74, 6) is 1.57. The zero-order valence-electron chi connectivity index (χ0n) is 26.8. The van der Waals surface area contributed by atoms with E-state index in [2.05, 4.69) is 69.0 Å². The number of anilines is 2. The molecular weight excluding hydrogens is 555 g/mol. The average molecular weight is 603 g/mol. The summed E-state index contributed by atoms with van der Waals surface area (Å²) in [7, 11) is 4.12. The van der Waals surface area contributed by atoms with Crippen molar-refractivity contribution in [2.75, 3.05) is 44.1 Å². The second-order valence-corrected chi connectivity index (χ2v) is 11.9. The molecule has 0 amide bonds. The molecule has 1 aliphatic heterocycles. The normalized spacial score (nSPS) is 16.4. The van der Waals surface area contributed by atoms with Gasteiger partial charge in [-0.05, 0) is 75.4 Å². The molecule has 2 atom stereocenters. The van der Waals surface area contributed by atoms with Crippen LogP contribution in [0.25, 0.3) is 10.9 Å². The lowest BCUT2D eigenvalue weighted by Crippen LogP contribution is -2.26. The van der Waals surface area contributed by atoms with Crippen molar-refractivity contribution < 1.29 is 13.9 Å². The van der Waals surface area contributed by atoms with Gasteiger partial charge in [0, 0.05) is 50.0 Å². The van der Waals surface area contributed by atoms with Gasteiger partial charge in [-0.25, -0.2) is 4.98 Å². The number of fused-ring (bicyclic) bond motifs is 2. The third-order valence-electron chi connectivity index (χ3n) is 8.57. The van der Waals surface area contributed by atoms with E-state index in [0.717, 1.165) is 65.9 Å². The molecule has 0 spiro atoms. The molecule has 2 aromatic heterocycles. The van der Waals surface area contributed by atoms with E-state index in [1.54, 1.807) is 6.20 Å². The number of nitrogens with one attached hydrogen (secondary N) is 1. The van der Waals surface area contributed by atoms with Crippen molar-refractivity contribution in [1.29, 1.82) is 0 Å². The highest BCUT2D eigenvalue weighted by molar-refractivity contribution is 5.90. The van der Waals surface area contributed by atoms with Crippen LogP contribution in [0.15, 0.2) is 55.1 Å². The molecule has 1 N–H and O–H groups in total. The van der Waals surface area contributed by atoms with E-state index < -0.39 is 0 Å². The predicted molar refractivity (Wildman–Crippen MR) is 177 cm³/mol. The maximum Gasteiger partial charge on any atom is 0.150 e. The minimum absolute atomic E-state index is 0.0229. The van der Waals surface area contributed by atoms with Crippen LogP contribution < -0.4 is 15.0 Å². The van der Waals surface area contributed by atoms with Gasteiger partial charge >= 0.3 is 0 Å². The van der Waals surface area contributed by atoms with E-state index in [9.17, 15) is 9.18 Å². The number of alkyl halides is 1. The molecule has 0 saturated heterocycles. The SMILES string of the molecule is CC.CC(Cn1ccnc1)Oc1cccc2cc(C3Nc4cc(C=O)c(CCN(C)CCCF)cc4N3C)n(CC3CC3)c12. The summed E-state index contributed by atoms with van der Waals surface area (Å²) in [5.41, 5.74) is 6.10. The van der Waals surface area contributed by atoms with Crippen molar-refractivity contribution in [2.24, 2.45) is 5.92 Å². The first kappa shape index (κ1) is 31.6. The summed E-state index contributed by atoms with van der Waals surface area (Å²) >= 11 is 0. The first-order valence-corrected chi connectivity index (χ1v) is 16.1. The lowest BCUT2D eigenvalue weighted by Gasteiger charge is -2.25. The van der Waals surface area contributed by atoms with E-state index >= 15 is 0 Å². The number of benzene rings is 2. The molecule has 44 heavy (non-hydrogen) atoms. The van der Waals surface area contributed by atoms with E-state index in [1.165, 1.54) is 18.5 Å². The number of aromatic nitrogens is 3. The fraction of sp³-hybridized carbons (Fsp3) is 0.486. The third kappa shape index (κ3) is 6.93. The van der Waals surface area contributed by atoms with E-state index in [1.807, 2.05) is 44.1 Å². The second kappa shape index (κ2) is 14.3. The van der Waals surface area contributed by atoms with Crippen LogP contribution >= 0.6 is 0 Å². The van der Waals surface area contributed by atoms with Crippen LogP contribution in [0.2, 0.25) is 0 Å². The van der Waals surface area contributed by atoms with Crippen molar-refractivity contribution in [2.45, 2.75) is 71.8 Å². The molecule has 6 rings (SSSR count). The quantitative estimate of drug-likeness (QED) is 0.158. The van der Waals surface area contributed by atoms with Crippen LogP contribution in [0.1, 0.15) is 67.8 Å². The fourth-order valence-electron chi connectivity index (χ4n) is 6.12. The van der Waals surface area contributed by atoms with Gasteiger partial charge in [-0.2, -0.15) is 0 Å². The summed E-state index contributed by atoms with van der Waals surface area (Å²) in [5, 5.41) is 4.89. The number of likely N-dealkylation sites (N-methyl/N-ethyl adjacent to an activating group) is 1. The molecule has 3 heterocycles. The van der Waals surface area contributed by atoms with Gasteiger partial charge in [0.25, 0.3) is 0 Å². The van der Waals surface area contributed by atoms with Gasteiger partial charge < -0.3 is 29.0 Å². The Hall–Kier alpha value is -3.85. The molecule has 0 bridgehead atoms. The zero-order chi connectivity index (χ0) is 31.2. The standard InChI is InChI=1S/C33H41FN6O2.C2H6/c1-23(19-39-15-12-35-22-39)42-31-7-4-6-26-18-30(40(32(26)31)20-24-8-9-24)33-36-28-16-27(21-41)25(17-29(28)38(33)3)10-14-37(2)13-5-11-34;1-2/h4,6-7,12,15-18,21-24,33,36H,5,8-11,13-14,19-20H2,1-3H3;1-2H3. The predicted octanol–water partition coefficient (Wildman–Crippen LogP) is 6.95. The number of hydrogen-bond donors (Lipinski definition) is 1. The number of para-hydroxylation sites is 1. The molecule has 1 aliphatic carbocycles. The molecule has 1 fully saturated rings. The maximum atomic E-state index is 12.6. The molecule has 236 valence electrons. The molecule has 0 radical (unpaired) electrons. The fourth-order valence-corrected chi connectivity index (χ4v) is 6.12. The van der Waals surface area contributed by atoms with Crippen molar-refractivity contribution in [3.05, 3.63) is 71.9 Å². The molecule has 4 aromatic rings. The third-order valence-corrected chi connectivity index (χ3v) is 8.57. The van der Waals surface area contributed by atoms with Crippen molar-refractivity contribution in [1.82, 2.24) is 19.0 Å². The number of halogens is 1. The Bertz CT molecular complexity index is 1530. The molecular formula is C35H47FN6O2. The van der Waals surface area contributed by atoms with E-state index in [0.29, 0.717) is 24.4 Å². The smallest absolute Gasteiger partial charge is 0.150 e. The van der Waals surface area contributed by atoms with Crippen molar-refractivity contribution in [3.63, 3.8) is 0 Å². The number of hydrogen-bond acceptors (Lipinski definition) is 6. The summed E-state index contributed by atoms with van der Waals surface area (Å²) in [6.07, 6.45) is 10.2. The molecule has 1 saturated carbocycles. The largest absolute Gasteiger partial charge is 0.487 e. The number of imidazole rings is 1. The molecule has 8 nitrogen and oxygen atoms in total. The Morgan fingerprint density at radius 2 is 2.02 bits per heavy atom. The summed E-state index contributed by atoms with van der Waals surface area (Å²) in [6.45, 7) is 8.95. The lowest BCUT2D eigenvalue weighted by molar-refractivity contribution is 0.112. The summed E-state index contributed by atoms with van der Waals surface area (Å²) < 4.78 is 23.7. The van der Waals surface area contributed by atoms with Crippen molar-refractivity contribution in [3.8, 4) is 5.75 Å².